The Morgan fingerprint density at radius 2 is 2.26 bits per heavy atom. The summed E-state index contributed by atoms with van der Waals surface area (Å²) in [5.74, 6) is 2.21. The van der Waals surface area contributed by atoms with Crippen LogP contribution in [-0.2, 0) is 13.0 Å². The lowest BCUT2D eigenvalue weighted by Gasteiger charge is -2.09. The Morgan fingerprint density at radius 3 is 2.95 bits per heavy atom. The molecule has 0 spiro atoms. The number of nitrogens with zero attached hydrogens (tertiary/aromatic N) is 2. The topological polar surface area (TPSA) is 60.2 Å². The van der Waals surface area contributed by atoms with E-state index in [1.807, 2.05) is 25.1 Å². The van der Waals surface area contributed by atoms with E-state index in [9.17, 15) is 0 Å². The second-order valence-electron chi connectivity index (χ2n) is 4.12. The number of methoxy groups -OCH3 is 1. The molecule has 0 atom stereocenters. The predicted octanol–water partition coefficient (Wildman–Crippen LogP) is 2.48. The summed E-state index contributed by atoms with van der Waals surface area (Å²) in [6.45, 7) is 3.32. The van der Waals surface area contributed by atoms with Gasteiger partial charge in [-0.3, -0.25) is 0 Å². The molecule has 0 radical (unpaired) electrons. The Kier molecular flexibility index (Phi) is 4.93. The molecule has 2 rings (SSSR count). The highest BCUT2D eigenvalue weighted by atomic mass is 79.9. The molecule has 1 heterocycles. The molecule has 0 unspecified atom stereocenters. The maximum absolute atomic E-state index is 5.32. The molecule has 0 fully saturated rings. The highest BCUT2D eigenvalue weighted by Gasteiger charge is 2.05. The first kappa shape index (κ1) is 14.0. The summed E-state index contributed by atoms with van der Waals surface area (Å²) in [5, 5.41) is 7.09. The molecule has 6 heteroatoms. The van der Waals surface area contributed by atoms with E-state index in [-0.39, 0.29) is 0 Å². The normalized spacial score (nSPS) is 10.7. The van der Waals surface area contributed by atoms with Gasteiger partial charge >= 0.3 is 0 Å². The molecule has 19 heavy (non-hydrogen) atoms. The highest BCUT2D eigenvalue weighted by Crippen LogP contribution is 2.22. The lowest BCUT2D eigenvalue weighted by atomic mass is 10.2. The maximum atomic E-state index is 5.32. The number of ether oxygens (including phenoxy) is 1. The minimum Gasteiger partial charge on any atom is -0.496 e. The first-order chi connectivity index (χ1) is 9.19. The van der Waals surface area contributed by atoms with Crippen molar-refractivity contribution in [2.75, 3.05) is 13.7 Å². The average molecular weight is 326 g/mol. The fraction of sp³-hybridized carbons (Fsp3) is 0.385. The zero-order valence-corrected chi connectivity index (χ0v) is 12.5. The standard InChI is InChI=1S/C13H16BrN3O2/c1-9-16-13(19-17-9)5-6-15-8-10-7-11(14)3-4-12(10)18-2/h3-4,7,15H,5-6,8H2,1-2H3. The molecule has 0 aliphatic rings. The van der Waals surface area contributed by atoms with Gasteiger partial charge in [-0.1, -0.05) is 21.1 Å². The van der Waals surface area contributed by atoms with Crippen LogP contribution < -0.4 is 10.1 Å². The number of benzene rings is 1. The van der Waals surface area contributed by atoms with Crippen molar-refractivity contribution < 1.29 is 9.26 Å². The molecule has 0 aliphatic heterocycles. The number of halogens is 1. The number of rotatable bonds is 6. The summed E-state index contributed by atoms with van der Waals surface area (Å²) < 4.78 is 11.4. The molecule has 0 bridgehead atoms. The number of nitrogens with one attached hydrogen (secondary N) is 1. The third-order valence-electron chi connectivity index (χ3n) is 2.64. The van der Waals surface area contributed by atoms with Crippen LogP contribution in [0.4, 0.5) is 0 Å². The quantitative estimate of drug-likeness (QED) is 0.827. The van der Waals surface area contributed by atoms with Gasteiger partial charge in [0.05, 0.1) is 7.11 Å². The first-order valence-corrected chi connectivity index (χ1v) is 6.80. The van der Waals surface area contributed by atoms with Crippen molar-refractivity contribution in [3.05, 3.63) is 40.0 Å². The number of aromatic nitrogens is 2. The lowest BCUT2D eigenvalue weighted by molar-refractivity contribution is 0.371. The molecule has 1 aromatic heterocycles. The van der Waals surface area contributed by atoms with Gasteiger partial charge in [-0.15, -0.1) is 0 Å². The van der Waals surface area contributed by atoms with Crippen LogP contribution in [0.1, 0.15) is 17.3 Å². The van der Waals surface area contributed by atoms with E-state index in [0.717, 1.165) is 35.3 Å². The van der Waals surface area contributed by atoms with Crippen LogP contribution in [0.2, 0.25) is 0 Å². The van der Waals surface area contributed by atoms with E-state index >= 15 is 0 Å². The molecule has 0 amide bonds. The fourth-order valence-corrected chi connectivity index (χ4v) is 2.15. The van der Waals surface area contributed by atoms with Crippen molar-refractivity contribution in [2.24, 2.45) is 0 Å². The number of aryl methyl sites for hydroxylation is 1. The van der Waals surface area contributed by atoms with Gasteiger partial charge in [-0.25, -0.2) is 0 Å². The van der Waals surface area contributed by atoms with Crippen LogP contribution >= 0.6 is 15.9 Å². The van der Waals surface area contributed by atoms with E-state index in [2.05, 4.69) is 31.4 Å². The summed E-state index contributed by atoms with van der Waals surface area (Å²) in [6, 6.07) is 5.95. The summed E-state index contributed by atoms with van der Waals surface area (Å²) >= 11 is 3.46. The third kappa shape index (κ3) is 4.04. The van der Waals surface area contributed by atoms with Gasteiger partial charge in [0.2, 0.25) is 5.89 Å². The number of hydrogen-bond acceptors (Lipinski definition) is 5. The van der Waals surface area contributed by atoms with Gasteiger partial charge in [-0.05, 0) is 25.1 Å². The Bertz CT molecular complexity index is 542. The zero-order valence-electron chi connectivity index (χ0n) is 10.9. The van der Waals surface area contributed by atoms with Crippen LogP contribution in [-0.4, -0.2) is 23.8 Å². The largest absolute Gasteiger partial charge is 0.496 e. The Hall–Kier alpha value is -1.40. The first-order valence-electron chi connectivity index (χ1n) is 6.01. The van der Waals surface area contributed by atoms with Crippen molar-refractivity contribution in [1.29, 1.82) is 0 Å². The molecule has 1 N–H and O–H groups in total. The molecule has 0 saturated heterocycles. The molecular formula is C13H16BrN3O2. The van der Waals surface area contributed by atoms with Crippen LogP contribution in [0, 0.1) is 6.92 Å². The molecule has 5 nitrogen and oxygen atoms in total. The lowest BCUT2D eigenvalue weighted by Crippen LogP contribution is -2.17. The van der Waals surface area contributed by atoms with E-state index < -0.39 is 0 Å². The van der Waals surface area contributed by atoms with Gasteiger partial charge in [0.15, 0.2) is 5.82 Å². The summed E-state index contributed by atoms with van der Waals surface area (Å²) in [5.41, 5.74) is 1.11. The van der Waals surface area contributed by atoms with E-state index in [4.69, 9.17) is 9.26 Å². The average Bonchev–Trinajstić information content (AvgIpc) is 2.81. The molecule has 102 valence electrons. The van der Waals surface area contributed by atoms with Gasteiger partial charge in [0, 0.05) is 29.5 Å². The monoisotopic (exact) mass is 325 g/mol. The minimum atomic E-state index is 0.659. The van der Waals surface area contributed by atoms with Crippen LogP contribution in [0.25, 0.3) is 0 Å². The Balaban J connectivity index is 1.83. The second-order valence-corrected chi connectivity index (χ2v) is 5.03. The van der Waals surface area contributed by atoms with Crippen molar-refractivity contribution in [3.63, 3.8) is 0 Å². The van der Waals surface area contributed by atoms with Crippen molar-refractivity contribution in [1.82, 2.24) is 15.5 Å². The summed E-state index contributed by atoms with van der Waals surface area (Å²) in [4.78, 5) is 4.15. The minimum absolute atomic E-state index is 0.659. The van der Waals surface area contributed by atoms with Crippen LogP contribution in [0.5, 0.6) is 5.75 Å². The predicted molar refractivity (Wildman–Crippen MR) is 75.1 cm³/mol. The third-order valence-corrected chi connectivity index (χ3v) is 3.14. The molecule has 1 aromatic carbocycles. The maximum Gasteiger partial charge on any atom is 0.227 e. The fourth-order valence-electron chi connectivity index (χ4n) is 1.75. The van der Waals surface area contributed by atoms with E-state index in [1.54, 1.807) is 7.11 Å². The van der Waals surface area contributed by atoms with E-state index in [0.29, 0.717) is 11.7 Å². The molecule has 0 saturated carbocycles. The Labute approximate surface area is 120 Å². The van der Waals surface area contributed by atoms with Crippen molar-refractivity contribution >= 4 is 15.9 Å². The highest BCUT2D eigenvalue weighted by molar-refractivity contribution is 9.10. The van der Waals surface area contributed by atoms with Gasteiger partial charge in [0.25, 0.3) is 0 Å². The molecular weight excluding hydrogens is 310 g/mol. The molecule has 0 aliphatic carbocycles. The zero-order chi connectivity index (χ0) is 13.7. The smallest absolute Gasteiger partial charge is 0.227 e. The van der Waals surface area contributed by atoms with Gasteiger partial charge < -0.3 is 14.6 Å². The SMILES string of the molecule is COc1ccc(Br)cc1CNCCc1nc(C)no1. The second kappa shape index (κ2) is 6.68. The van der Waals surface area contributed by atoms with Crippen LogP contribution in [0.3, 0.4) is 0 Å². The van der Waals surface area contributed by atoms with Crippen LogP contribution in [0.15, 0.2) is 27.2 Å². The van der Waals surface area contributed by atoms with Crippen molar-refractivity contribution in [3.8, 4) is 5.75 Å². The Morgan fingerprint density at radius 1 is 1.42 bits per heavy atom. The summed E-state index contributed by atoms with van der Waals surface area (Å²) in [7, 11) is 1.67. The van der Waals surface area contributed by atoms with E-state index in [1.165, 1.54) is 0 Å². The number of hydrogen-bond donors (Lipinski definition) is 1. The molecule has 2 aromatic rings. The van der Waals surface area contributed by atoms with Crippen molar-refractivity contribution in [2.45, 2.75) is 19.9 Å². The summed E-state index contributed by atoms with van der Waals surface area (Å²) in [6.07, 6.45) is 0.719. The van der Waals surface area contributed by atoms with Gasteiger partial charge in [0.1, 0.15) is 5.75 Å². The van der Waals surface area contributed by atoms with Gasteiger partial charge in [-0.2, -0.15) is 4.98 Å².